The second-order valence-electron chi connectivity index (χ2n) is 3.37. The van der Waals surface area contributed by atoms with E-state index in [4.69, 9.17) is 34.8 Å². The Labute approximate surface area is 127 Å². The summed E-state index contributed by atoms with van der Waals surface area (Å²) in [7, 11) is 0. The van der Waals surface area contributed by atoms with Gasteiger partial charge in [-0.15, -0.1) is 0 Å². The third kappa shape index (κ3) is 2.87. The van der Waals surface area contributed by atoms with Crippen molar-refractivity contribution < 1.29 is 4.39 Å². The zero-order valence-corrected chi connectivity index (χ0v) is 12.7. The minimum atomic E-state index is -0.358. The van der Waals surface area contributed by atoms with Crippen molar-refractivity contribution in [3.8, 4) is 11.1 Å². The molecule has 0 saturated carbocycles. The lowest BCUT2D eigenvalue weighted by molar-refractivity contribution is 0.630. The fraction of sp³-hybridized carbons (Fsp3) is 0. The Bertz CT molecular complexity index is 561. The first-order chi connectivity index (χ1) is 7.99. The SMILES string of the molecule is Fc1cc(I)ccc1-c1c(Cl)cc(Cl)cc1Cl. The van der Waals surface area contributed by atoms with E-state index in [-0.39, 0.29) is 5.82 Å². The number of halogens is 5. The molecule has 0 heterocycles. The van der Waals surface area contributed by atoms with Gasteiger partial charge < -0.3 is 0 Å². The molecule has 0 atom stereocenters. The summed E-state index contributed by atoms with van der Waals surface area (Å²) in [4.78, 5) is 0. The van der Waals surface area contributed by atoms with Crippen molar-refractivity contribution in [3.63, 3.8) is 0 Å². The Hall–Kier alpha value is -0.0300. The van der Waals surface area contributed by atoms with Gasteiger partial charge in [0.05, 0.1) is 10.0 Å². The molecule has 0 bridgehead atoms. The van der Waals surface area contributed by atoms with Gasteiger partial charge in [-0.2, -0.15) is 0 Å². The summed E-state index contributed by atoms with van der Waals surface area (Å²) in [5.41, 5.74) is 0.837. The number of rotatable bonds is 1. The van der Waals surface area contributed by atoms with Crippen molar-refractivity contribution in [1.29, 1.82) is 0 Å². The molecule has 0 spiro atoms. The average Bonchev–Trinajstić information content (AvgIpc) is 2.19. The van der Waals surface area contributed by atoms with Crippen LogP contribution in [0.4, 0.5) is 4.39 Å². The highest BCUT2D eigenvalue weighted by molar-refractivity contribution is 14.1. The summed E-state index contributed by atoms with van der Waals surface area (Å²) in [5.74, 6) is -0.358. The quantitative estimate of drug-likeness (QED) is 0.510. The summed E-state index contributed by atoms with van der Waals surface area (Å²) in [6, 6.07) is 7.96. The van der Waals surface area contributed by atoms with Gasteiger partial charge in [-0.05, 0) is 46.9 Å². The van der Waals surface area contributed by atoms with E-state index in [1.165, 1.54) is 6.07 Å². The molecule has 2 rings (SSSR count). The molecule has 0 unspecified atom stereocenters. The topological polar surface area (TPSA) is 0 Å². The minimum Gasteiger partial charge on any atom is -0.206 e. The lowest BCUT2D eigenvalue weighted by Gasteiger charge is -2.09. The fourth-order valence-electron chi connectivity index (χ4n) is 1.49. The van der Waals surface area contributed by atoms with Gasteiger partial charge in [0.25, 0.3) is 0 Å². The lowest BCUT2D eigenvalue weighted by atomic mass is 10.1. The lowest BCUT2D eigenvalue weighted by Crippen LogP contribution is -1.88. The normalized spacial score (nSPS) is 10.6. The molecule has 5 heteroatoms. The van der Waals surface area contributed by atoms with Gasteiger partial charge in [0.2, 0.25) is 0 Å². The third-order valence-corrected chi connectivity index (χ3v) is 3.69. The molecule has 88 valence electrons. The monoisotopic (exact) mass is 400 g/mol. The van der Waals surface area contributed by atoms with Crippen molar-refractivity contribution in [2.24, 2.45) is 0 Å². The zero-order valence-electron chi connectivity index (χ0n) is 8.28. The molecule has 0 nitrogen and oxygen atoms in total. The van der Waals surface area contributed by atoms with Gasteiger partial charge in [0, 0.05) is 19.7 Å². The standard InChI is InChI=1S/C12H5Cl3FI/c13-6-3-9(14)12(10(15)4-6)8-2-1-7(17)5-11(8)16/h1-5H. The van der Waals surface area contributed by atoms with E-state index < -0.39 is 0 Å². The maximum atomic E-state index is 13.8. The molecule has 0 aromatic heterocycles. The third-order valence-electron chi connectivity index (χ3n) is 2.21. The highest BCUT2D eigenvalue weighted by atomic mass is 127. The molecule has 0 radical (unpaired) electrons. The van der Waals surface area contributed by atoms with Gasteiger partial charge in [-0.1, -0.05) is 40.9 Å². The molecular weight excluding hydrogens is 396 g/mol. The predicted molar refractivity (Wildman–Crippen MR) is 79.6 cm³/mol. The molecule has 2 aromatic carbocycles. The van der Waals surface area contributed by atoms with Crippen LogP contribution in [-0.2, 0) is 0 Å². The Morgan fingerprint density at radius 3 is 2.06 bits per heavy atom. The Kier molecular flexibility index (Phi) is 4.18. The number of hydrogen-bond acceptors (Lipinski definition) is 0. The van der Waals surface area contributed by atoms with Gasteiger partial charge in [-0.25, -0.2) is 4.39 Å². The number of hydrogen-bond donors (Lipinski definition) is 0. The molecule has 0 aliphatic carbocycles. The maximum Gasteiger partial charge on any atom is 0.132 e. The van der Waals surface area contributed by atoms with E-state index in [0.29, 0.717) is 26.2 Å². The Balaban J connectivity index is 2.68. The highest BCUT2D eigenvalue weighted by Crippen LogP contribution is 2.38. The first-order valence-corrected chi connectivity index (χ1v) is 6.80. The molecule has 2 aromatic rings. The Morgan fingerprint density at radius 1 is 0.941 bits per heavy atom. The van der Waals surface area contributed by atoms with Gasteiger partial charge in [0.1, 0.15) is 5.82 Å². The van der Waals surface area contributed by atoms with Gasteiger partial charge in [-0.3, -0.25) is 0 Å². The van der Waals surface area contributed by atoms with Gasteiger partial charge >= 0.3 is 0 Å². The molecule has 0 aliphatic heterocycles. The van der Waals surface area contributed by atoms with Crippen molar-refractivity contribution in [3.05, 3.63) is 54.8 Å². The second-order valence-corrected chi connectivity index (χ2v) is 5.87. The minimum absolute atomic E-state index is 0.336. The van der Waals surface area contributed by atoms with Crippen LogP contribution in [0.2, 0.25) is 15.1 Å². The number of benzene rings is 2. The second kappa shape index (κ2) is 5.31. The van der Waals surface area contributed by atoms with E-state index >= 15 is 0 Å². The van der Waals surface area contributed by atoms with Crippen LogP contribution in [-0.4, -0.2) is 0 Å². The van der Waals surface area contributed by atoms with E-state index in [0.717, 1.165) is 3.57 Å². The van der Waals surface area contributed by atoms with Crippen LogP contribution in [0, 0.1) is 9.39 Å². The summed E-state index contributed by atoms with van der Waals surface area (Å²) in [6.07, 6.45) is 0. The highest BCUT2D eigenvalue weighted by Gasteiger charge is 2.14. The summed E-state index contributed by atoms with van der Waals surface area (Å²) >= 11 is 19.9. The molecule has 0 N–H and O–H groups in total. The summed E-state index contributed by atoms with van der Waals surface area (Å²) < 4.78 is 14.7. The molecule has 0 fully saturated rings. The Morgan fingerprint density at radius 2 is 1.53 bits per heavy atom. The molecule has 17 heavy (non-hydrogen) atoms. The smallest absolute Gasteiger partial charge is 0.132 e. The van der Waals surface area contributed by atoms with E-state index in [1.54, 1.807) is 24.3 Å². The molecule has 0 aliphatic rings. The van der Waals surface area contributed by atoms with Crippen LogP contribution in [0.5, 0.6) is 0 Å². The van der Waals surface area contributed by atoms with Crippen molar-refractivity contribution in [1.82, 2.24) is 0 Å². The summed E-state index contributed by atoms with van der Waals surface area (Å²) in [6.45, 7) is 0. The maximum absolute atomic E-state index is 13.8. The first-order valence-electron chi connectivity index (χ1n) is 4.59. The van der Waals surface area contributed by atoms with Crippen LogP contribution >= 0.6 is 57.4 Å². The van der Waals surface area contributed by atoms with E-state index in [1.807, 2.05) is 22.6 Å². The fourth-order valence-corrected chi connectivity index (χ4v) is 2.97. The van der Waals surface area contributed by atoms with E-state index in [2.05, 4.69) is 0 Å². The van der Waals surface area contributed by atoms with Crippen LogP contribution in [0.15, 0.2) is 30.3 Å². The van der Waals surface area contributed by atoms with Gasteiger partial charge in [0.15, 0.2) is 0 Å². The first kappa shape index (κ1) is 13.4. The van der Waals surface area contributed by atoms with Crippen LogP contribution in [0.1, 0.15) is 0 Å². The van der Waals surface area contributed by atoms with E-state index in [9.17, 15) is 4.39 Å². The van der Waals surface area contributed by atoms with Crippen LogP contribution < -0.4 is 0 Å². The largest absolute Gasteiger partial charge is 0.206 e. The van der Waals surface area contributed by atoms with Crippen molar-refractivity contribution in [2.45, 2.75) is 0 Å². The zero-order chi connectivity index (χ0) is 12.6. The molecular formula is C12H5Cl3FI. The molecule has 0 saturated heterocycles. The van der Waals surface area contributed by atoms with Crippen molar-refractivity contribution >= 4 is 57.4 Å². The van der Waals surface area contributed by atoms with Crippen LogP contribution in [0.3, 0.4) is 0 Å². The summed E-state index contributed by atoms with van der Waals surface area (Å²) in [5, 5.41) is 1.10. The average molecular weight is 401 g/mol. The molecule has 0 amide bonds. The van der Waals surface area contributed by atoms with Crippen molar-refractivity contribution in [2.75, 3.05) is 0 Å². The predicted octanol–water partition coefficient (Wildman–Crippen LogP) is 6.06. The van der Waals surface area contributed by atoms with Crippen LogP contribution in [0.25, 0.3) is 11.1 Å².